The Kier molecular flexibility index (Phi) is 7.97. The Morgan fingerprint density at radius 3 is 2.03 bits per heavy atom. The molecular weight excluding hydrogens is 436 g/mol. The number of benzene rings is 1. The van der Waals surface area contributed by atoms with Crippen LogP contribution in [0.15, 0.2) is 12.1 Å². The van der Waals surface area contributed by atoms with E-state index in [2.05, 4.69) is 0 Å². The number of aliphatic hydroxyl groups is 6. The highest BCUT2D eigenvalue weighted by molar-refractivity contribution is 5.55. The number of aliphatic hydroxyl groups excluding tert-OH is 6. The summed E-state index contributed by atoms with van der Waals surface area (Å²) in [6, 6.07) is 2.54. The third kappa shape index (κ3) is 4.85. The average molecular weight is 464 g/mol. The summed E-state index contributed by atoms with van der Waals surface area (Å²) in [5.74, 6) is -0.101. The van der Waals surface area contributed by atoms with E-state index in [0.29, 0.717) is 0 Å². The predicted octanol–water partition coefficient (Wildman–Crippen LogP) is -2.95. The molecule has 13 nitrogen and oxygen atoms in total. The van der Waals surface area contributed by atoms with E-state index in [0.717, 1.165) is 0 Å². The summed E-state index contributed by atoms with van der Waals surface area (Å²) in [5.41, 5.74) is 0. The second-order valence-corrected chi connectivity index (χ2v) is 7.35. The molecule has 2 aliphatic rings. The van der Waals surface area contributed by atoms with Crippen LogP contribution in [0.25, 0.3) is 0 Å². The van der Waals surface area contributed by atoms with Crippen molar-refractivity contribution in [1.29, 1.82) is 0 Å². The van der Waals surface area contributed by atoms with Crippen molar-refractivity contribution in [2.24, 2.45) is 0 Å². The molecule has 182 valence electrons. The standard InChI is InChI=1S/C19H28O13/c1-27-9-4-7(3-8(21)17(9)28-2)30-19-16(26)14(24)13(23)11(32-19)6-29-18-15(25)12(22)10(5-20)31-18/h3-4,10-16,18-26H,5-6H2,1-2H3/t10-,11+,12-,13-,14-,15+,16+,18+,19+/m0/s1. The lowest BCUT2D eigenvalue weighted by Crippen LogP contribution is -2.60. The molecular formula is C19H28O13. The molecule has 1 aromatic carbocycles. The normalized spacial score (nSPS) is 37.3. The molecule has 13 heteroatoms. The highest BCUT2D eigenvalue weighted by atomic mass is 16.7. The molecule has 0 aromatic heterocycles. The minimum absolute atomic E-state index is 0.0101. The van der Waals surface area contributed by atoms with Crippen LogP contribution in [-0.4, -0.2) is 118 Å². The van der Waals surface area contributed by atoms with Crippen LogP contribution >= 0.6 is 0 Å². The van der Waals surface area contributed by atoms with Gasteiger partial charge in [0.05, 0.1) is 27.4 Å². The van der Waals surface area contributed by atoms with Crippen molar-refractivity contribution in [2.75, 3.05) is 27.4 Å². The second kappa shape index (κ2) is 10.3. The molecule has 2 aliphatic heterocycles. The van der Waals surface area contributed by atoms with Gasteiger partial charge in [-0.25, -0.2) is 0 Å². The minimum Gasteiger partial charge on any atom is -0.504 e. The topological polar surface area (TPSA) is 197 Å². The summed E-state index contributed by atoms with van der Waals surface area (Å²) in [6.45, 7) is -0.964. The van der Waals surface area contributed by atoms with Crippen LogP contribution in [0.1, 0.15) is 0 Å². The molecule has 0 saturated carbocycles. The Hall–Kier alpha value is -1.94. The zero-order valence-corrected chi connectivity index (χ0v) is 17.3. The molecule has 1 aromatic rings. The van der Waals surface area contributed by atoms with E-state index in [1.807, 2.05) is 0 Å². The van der Waals surface area contributed by atoms with E-state index in [-0.39, 0.29) is 23.0 Å². The van der Waals surface area contributed by atoms with E-state index >= 15 is 0 Å². The molecule has 0 aliphatic carbocycles. The van der Waals surface area contributed by atoms with Gasteiger partial charge < -0.3 is 64.2 Å². The van der Waals surface area contributed by atoms with Gasteiger partial charge in [-0.1, -0.05) is 0 Å². The lowest BCUT2D eigenvalue weighted by molar-refractivity contribution is -0.290. The fraction of sp³-hybridized carbons (Fsp3) is 0.684. The van der Waals surface area contributed by atoms with Crippen LogP contribution < -0.4 is 14.2 Å². The molecule has 0 unspecified atom stereocenters. The molecule has 3 rings (SSSR count). The van der Waals surface area contributed by atoms with E-state index in [4.69, 9.17) is 33.5 Å². The monoisotopic (exact) mass is 464 g/mol. The summed E-state index contributed by atoms with van der Waals surface area (Å²) >= 11 is 0. The van der Waals surface area contributed by atoms with Gasteiger partial charge in [0.1, 0.15) is 48.5 Å². The van der Waals surface area contributed by atoms with E-state index in [1.165, 1.54) is 26.4 Å². The number of hydrogen-bond acceptors (Lipinski definition) is 13. The number of phenolic OH excluding ortho intramolecular Hbond substituents is 1. The summed E-state index contributed by atoms with van der Waals surface area (Å²) in [7, 11) is 2.68. The Balaban J connectivity index is 1.69. The average Bonchev–Trinajstić information content (AvgIpc) is 3.06. The maximum Gasteiger partial charge on any atom is 0.229 e. The van der Waals surface area contributed by atoms with Crippen molar-refractivity contribution in [3.63, 3.8) is 0 Å². The van der Waals surface area contributed by atoms with Crippen molar-refractivity contribution >= 4 is 0 Å². The van der Waals surface area contributed by atoms with Gasteiger partial charge in [-0.3, -0.25) is 0 Å². The molecule has 2 heterocycles. The molecule has 2 fully saturated rings. The molecule has 0 radical (unpaired) electrons. The van der Waals surface area contributed by atoms with E-state index in [9.17, 15) is 30.6 Å². The highest BCUT2D eigenvalue weighted by Gasteiger charge is 2.47. The fourth-order valence-corrected chi connectivity index (χ4v) is 3.47. The largest absolute Gasteiger partial charge is 0.504 e. The molecule has 0 amide bonds. The first-order valence-electron chi connectivity index (χ1n) is 9.77. The van der Waals surface area contributed by atoms with Crippen LogP contribution in [0.3, 0.4) is 0 Å². The van der Waals surface area contributed by atoms with Gasteiger partial charge in [0.2, 0.25) is 12.0 Å². The lowest BCUT2D eigenvalue weighted by atomic mass is 9.99. The number of methoxy groups -OCH3 is 2. The van der Waals surface area contributed by atoms with Crippen molar-refractivity contribution in [3.05, 3.63) is 12.1 Å². The number of phenols is 1. The summed E-state index contributed by atoms with van der Waals surface area (Å²) in [4.78, 5) is 0. The Morgan fingerprint density at radius 1 is 0.812 bits per heavy atom. The SMILES string of the molecule is COc1cc(O[C@@H]2O[C@H](CO[C@@H]3O[C@@H](CO)[C@H](O)[C@H]3O)[C@H](O)[C@H](O)[C@H]2O)cc(O)c1OC. The molecule has 9 atom stereocenters. The van der Waals surface area contributed by atoms with Gasteiger partial charge in [0.15, 0.2) is 17.8 Å². The smallest absolute Gasteiger partial charge is 0.229 e. The Labute approximate surface area is 182 Å². The summed E-state index contributed by atoms with van der Waals surface area (Å²) in [6.07, 6.45) is -12.8. The quantitative estimate of drug-likeness (QED) is 0.206. The third-order valence-corrected chi connectivity index (χ3v) is 5.28. The van der Waals surface area contributed by atoms with Crippen LogP contribution in [0.5, 0.6) is 23.0 Å². The van der Waals surface area contributed by atoms with Gasteiger partial charge >= 0.3 is 0 Å². The number of ether oxygens (including phenoxy) is 6. The number of aromatic hydroxyl groups is 1. The van der Waals surface area contributed by atoms with Crippen LogP contribution in [0.4, 0.5) is 0 Å². The first-order chi connectivity index (χ1) is 15.2. The first-order valence-corrected chi connectivity index (χ1v) is 9.77. The first kappa shape index (κ1) is 24.7. The maximum atomic E-state index is 10.3. The van der Waals surface area contributed by atoms with Gasteiger partial charge in [0, 0.05) is 12.1 Å². The zero-order valence-electron chi connectivity index (χ0n) is 17.3. The van der Waals surface area contributed by atoms with E-state index in [1.54, 1.807) is 0 Å². The van der Waals surface area contributed by atoms with Crippen LogP contribution in [-0.2, 0) is 14.2 Å². The number of hydrogen-bond donors (Lipinski definition) is 7. The van der Waals surface area contributed by atoms with Crippen LogP contribution in [0.2, 0.25) is 0 Å². The third-order valence-electron chi connectivity index (χ3n) is 5.28. The van der Waals surface area contributed by atoms with Crippen molar-refractivity contribution in [3.8, 4) is 23.0 Å². The van der Waals surface area contributed by atoms with Crippen molar-refractivity contribution in [2.45, 2.75) is 55.3 Å². The highest BCUT2D eigenvalue weighted by Crippen LogP contribution is 2.40. The fourth-order valence-electron chi connectivity index (χ4n) is 3.47. The van der Waals surface area contributed by atoms with Gasteiger partial charge in [-0.2, -0.15) is 0 Å². The molecule has 7 N–H and O–H groups in total. The maximum absolute atomic E-state index is 10.3. The Bertz CT molecular complexity index is 761. The molecule has 32 heavy (non-hydrogen) atoms. The second-order valence-electron chi connectivity index (χ2n) is 7.35. The Morgan fingerprint density at radius 2 is 1.44 bits per heavy atom. The van der Waals surface area contributed by atoms with Gasteiger partial charge in [0.25, 0.3) is 0 Å². The summed E-state index contributed by atoms with van der Waals surface area (Å²) in [5, 5.41) is 69.6. The molecule has 0 spiro atoms. The zero-order chi connectivity index (χ0) is 23.6. The van der Waals surface area contributed by atoms with Crippen LogP contribution in [0, 0.1) is 0 Å². The molecule has 0 bridgehead atoms. The summed E-state index contributed by atoms with van der Waals surface area (Å²) < 4.78 is 31.7. The minimum atomic E-state index is -1.68. The van der Waals surface area contributed by atoms with E-state index < -0.39 is 68.5 Å². The van der Waals surface area contributed by atoms with Gasteiger partial charge in [-0.05, 0) is 0 Å². The van der Waals surface area contributed by atoms with Gasteiger partial charge in [-0.15, -0.1) is 0 Å². The van der Waals surface area contributed by atoms with Crippen molar-refractivity contribution < 1.29 is 64.2 Å². The number of rotatable bonds is 8. The lowest BCUT2D eigenvalue weighted by Gasteiger charge is -2.40. The molecule has 2 saturated heterocycles. The van der Waals surface area contributed by atoms with Crippen molar-refractivity contribution in [1.82, 2.24) is 0 Å². The predicted molar refractivity (Wildman–Crippen MR) is 102 cm³/mol.